The molecule has 0 radical (unpaired) electrons. The molecule has 1 atom stereocenters. The monoisotopic (exact) mass is 228 g/mol. The molecule has 0 bridgehead atoms. The van der Waals surface area contributed by atoms with Crippen LogP contribution in [0.4, 0.5) is 0 Å². The molecule has 1 unspecified atom stereocenters. The molecular weight excluding hydrogens is 204 g/mol. The van der Waals surface area contributed by atoms with Gasteiger partial charge in [0.05, 0.1) is 0 Å². The van der Waals surface area contributed by atoms with E-state index in [0.717, 1.165) is 19.5 Å². The molecule has 0 saturated carbocycles. The van der Waals surface area contributed by atoms with Gasteiger partial charge in [-0.3, -0.25) is 9.69 Å². The number of rotatable bonds is 4. The second kappa shape index (κ2) is 5.15. The molecule has 4 nitrogen and oxygen atoms in total. The van der Waals surface area contributed by atoms with Crippen molar-refractivity contribution in [1.82, 2.24) is 10.2 Å². The topological polar surface area (TPSA) is 52.6 Å². The Hall–Kier alpha value is -0.610. The van der Waals surface area contributed by atoms with Gasteiger partial charge in [0.2, 0.25) is 0 Å². The van der Waals surface area contributed by atoms with Crippen LogP contribution in [0.3, 0.4) is 0 Å². The molecule has 0 aromatic rings. The fourth-order valence-electron chi connectivity index (χ4n) is 2.88. The van der Waals surface area contributed by atoms with Crippen molar-refractivity contribution in [3.8, 4) is 0 Å². The molecule has 1 fully saturated rings. The molecule has 0 aliphatic carbocycles. The average molecular weight is 228 g/mol. The molecular formula is C12H24N2O2. The van der Waals surface area contributed by atoms with Gasteiger partial charge < -0.3 is 10.4 Å². The number of hydrogen-bond acceptors (Lipinski definition) is 3. The van der Waals surface area contributed by atoms with Gasteiger partial charge in [0, 0.05) is 37.1 Å². The van der Waals surface area contributed by atoms with Crippen LogP contribution >= 0.6 is 0 Å². The van der Waals surface area contributed by atoms with E-state index in [9.17, 15) is 4.79 Å². The van der Waals surface area contributed by atoms with Crippen LogP contribution in [0.15, 0.2) is 0 Å². The first-order valence-corrected chi connectivity index (χ1v) is 6.05. The lowest BCUT2D eigenvalue weighted by atomic mass is 9.92. The van der Waals surface area contributed by atoms with Crippen molar-refractivity contribution in [1.29, 1.82) is 0 Å². The van der Waals surface area contributed by atoms with Crippen LogP contribution in [0, 0.1) is 0 Å². The zero-order valence-electron chi connectivity index (χ0n) is 10.8. The van der Waals surface area contributed by atoms with Gasteiger partial charge in [0.15, 0.2) is 0 Å². The summed E-state index contributed by atoms with van der Waals surface area (Å²) in [5.41, 5.74) is 0.107. The molecule has 1 aliphatic heterocycles. The summed E-state index contributed by atoms with van der Waals surface area (Å²) in [5, 5.41) is 12.2. The summed E-state index contributed by atoms with van der Waals surface area (Å²) >= 11 is 0. The summed E-state index contributed by atoms with van der Waals surface area (Å²) in [5.74, 6) is -0.702. The van der Waals surface area contributed by atoms with Crippen molar-refractivity contribution in [2.24, 2.45) is 0 Å². The number of carboxylic acids is 1. The highest BCUT2D eigenvalue weighted by Gasteiger charge is 2.37. The van der Waals surface area contributed by atoms with Crippen molar-refractivity contribution >= 4 is 5.97 Å². The van der Waals surface area contributed by atoms with E-state index in [2.05, 4.69) is 37.9 Å². The minimum absolute atomic E-state index is 0.107. The van der Waals surface area contributed by atoms with Crippen molar-refractivity contribution in [2.75, 3.05) is 13.1 Å². The van der Waals surface area contributed by atoms with E-state index < -0.39 is 5.97 Å². The zero-order chi connectivity index (χ0) is 12.3. The fraction of sp³-hybridized carbons (Fsp3) is 0.917. The van der Waals surface area contributed by atoms with E-state index in [1.807, 2.05) is 0 Å². The molecule has 2 N–H and O–H groups in total. The van der Waals surface area contributed by atoms with Gasteiger partial charge in [-0.1, -0.05) is 0 Å². The van der Waals surface area contributed by atoms with E-state index >= 15 is 0 Å². The van der Waals surface area contributed by atoms with E-state index in [1.165, 1.54) is 0 Å². The van der Waals surface area contributed by atoms with Gasteiger partial charge >= 0.3 is 5.97 Å². The number of nitrogens with one attached hydrogen (secondary N) is 1. The van der Waals surface area contributed by atoms with Crippen LogP contribution in [0.2, 0.25) is 0 Å². The third-order valence-corrected chi connectivity index (χ3v) is 3.28. The number of hydrogen-bond donors (Lipinski definition) is 2. The Morgan fingerprint density at radius 1 is 1.56 bits per heavy atom. The second-order valence-electron chi connectivity index (χ2n) is 5.53. The maximum atomic E-state index is 10.6. The van der Waals surface area contributed by atoms with Crippen molar-refractivity contribution in [3.05, 3.63) is 0 Å². The maximum Gasteiger partial charge on any atom is 0.303 e. The summed E-state index contributed by atoms with van der Waals surface area (Å²) in [6, 6.07) is 0.788. The highest BCUT2D eigenvalue weighted by molar-refractivity contribution is 5.66. The average Bonchev–Trinajstić information content (AvgIpc) is 2.12. The number of carbonyl (C=O) groups is 1. The van der Waals surface area contributed by atoms with Crippen molar-refractivity contribution < 1.29 is 9.90 Å². The first-order valence-electron chi connectivity index (χ1n) is 6.05. The van der Waals surface area contributed by atoms with Crippen LogP contribution in [-0.2, 0) is 4.79 Å². The lowest BCUT2D eigenvalue weighted by Gasteiger charge is -2.50. The Morgan fingerprint density at radius 3 is 2.69 bits per heavy atom. The smallest absolute Gasteiger partial charge is 0.303 e. The number of nitrogens with zero attached hydrogens (tertiary/aromatic N) is 1. The fourth-order valence-corrected chi connectivity index (χ4v) is 2.88. The molecule has 0 amide bonds. The van der Waals surface area contributed by atoms with Gasteiger partial charge in [-0.2, -0.15) is 0 Å². The predicted octanol–water partition coefficient (Wildman–Crippen LogP) is 1.31. The van der Waals surface area contributed by atoms with E-state index in [1.54, 1.807) is 0 Å². The van der Waals surface area contributed by atoms with Gasteiger partial charge in [0.25, 0.3) is 0 Å². The Kier molecular flexibility index (Phi) is 4.33. The Bertz CT molecular complexity index is 251. The molecule has 16 heavy (non-hydrogen) atoms. The van der Waals surface area contributed by atoms with Crippen molar-refractivity contribution in [3.63, 3.8) is 0 Å². The van der Waals surface area contributed by atoms with E-state index in [4.69, 9.17) is 5.11 Å². The minimum Gasteiger partial charge on any atom is -0.481 e. The second-order valence-corrected chi connectivity index (χ2v) is 5.53. The SMILES string of the molecule is CC(C)N1C(CCC(=O)O)CNCC1(C)C. The van der Waals surface area contributed by atoms with Gasteiger partial charge in [-0.25, -0.2) is 0 Å². The molecule has 0 aromatic heterocycles. The highest BCUT2D eigenvalue weighted by atomic mass is 16.4. The van der Waals surface area contributed by atoms with Crippen LogP contribution in [0.5, 0.6) is 0 Å². The normalized spacial score (nSPS) is 25.9. The summed E-state index contributed by atoms with van der Waals surface area (Å²) in [7, 11) is 0. The third kappa shape index (κ3) is 3.19. The third-order valence-electron chi connectivity index (χ3n) is 3.28. The molecule has 1 heterocycles. The quantitative estimate of drug-likeness (QED) is 0.762. The van der Waals surface area contributed by atoms with Crippen LogP contribution in [-0.4, -0.2) is 46.7 Å². The van der Waals surface area contributed by atoms with E-state index in [-0.39, 0.29) is 12.0 Å². The molecule has 0 spiro atoms. The number of piperazine rings is 1. The van der Waals surface area contributed by atoms with Crippen LogP contribution in [0.1, 0.15) is 40.5 Å². The first kappa shape index (κ1) is 13.5. The number of aliphatic carboxylic acids is 1. The maximum absolute atomic E-state index is 10.6. The minimum atomic E-state index is -0.702. The zero-order valence-corrected chi connectivity index (χ0v) is 10.8. The Balaban J connectivity index is 2.69. The lowest BCUT2D eigenvalue weighted by molar-refractivity contribution is -0.137. The first-order chi connectivity index (χ1) is 7.34. The summed E-state index contributed by atoms with van der Waals surface area (Å²) in [6.07, 6.45) is 0.982. The summed E-state index contributed by atoms with van der Waals surface area (Å²) in [4.78, 5) is 13.1. The number of carboxylic acid groups (broad SMARTS) is 1. The lowest BCUT2D eigenvalue weighted by Crippen LogP contribution is -2.64. The molecule has 1 saturated heterocycles. The van der Waals surface area contributed by atoms with Crippen LogP contribution in [0.25, 0.3) is 0 Å². The van der Waals surface area contributed by atoms with Gasteiger partial charge in [-0.15, -0.1) is 0 Å². The highest BCUT2D eigenvalue weighted by Crippen LogP contribution is 2.25. The molecule has 1 rings (SSSR count). The molecule has 94 valence electrons. The van der Waals surface area contributed by atoms with Gasteiger partial charge in [0.1, 0.15) is 0 Å². The molecule has 4 heteroatoms. The molecule has 0 aromatic carbocycles. The predicted molar refractivity (Wildman–Crippen MR) is 64.6 cm³/mol. The summed E-state index contributed by atoms with van der Waals surface area (Å²) < 4.78 is 0. The van der Waals surface area contributed by atoms with Crippen LogP contribution < -0.4 is 5.32 Å². The Labute approximate surface area is 98.0 Å². The van der Waals surface area contributed by atoms with E-state index in [0.29, 0.717) is 12.1 Å². The van der Waals surface area contributed by atoms with Crippen molar-refractivity contribution in [2.45, 2.75) is 58.2 Å². The standard InChI is InChI=1S/C12H24N2O2/c1-9(2)14-10(5-6-11(15)16)7-13-8-12(14,3)4/h9-10,13H,5-8H2,1-4H3,(H,15,16). The Morgan fingerprint density at radius 2 is 2.19 bits per heavy atom. The molecule has 1 aliphatic rings. The largest absolute Gasteiger partial charge is 0.481 e. The van der Waals surface area contributed by atoms with Gasteiger partial charge in [-0.05, 0) is 34.1 Å². The summed E-state index contributed by atoms with van der Waals surface area (Å²) in [6.45, 7) is 10.7.